The Hall–Kier alpha value is -7.08. The topological polar surface area (TPSA) is 83.8 Å². The highest BCUT2D eigenvalue weighted by Gasteiger charge is 2.45. The monoisotopic (exact) mass is 1080 g/mol. The highest BCUT2D eigenvalue weighted by Crippen LogP contribution is 2.42. The molecule has 0 radical (unpaired) electrons. The maximum atomic E-state index is 13.5. The van der Waals surface area contributed by atoms with Crippen molar-refractivity contribution in [2.45, 2.75) is 61.0 Å². The van der Waals surface area contributed by atoms with E-state index in [2.05, 4.69) is 62.4 Å². The van der Waals surface area contributed by atoms with Gasteiger partial charge >= 0.3 is 0 Å². The molecule has 4 atom stereocenters. The normalized spacial score (nSPS) is 17.8. The first-order valence-electron chi connectivity index (χ1n) is 25.3. The molecule has 8 aromatic carbocycles. The van der Waals surface area contributed by atoms with E-state index in [0.29, 0.717) is 48.0 Å². The third-order valence-electron chi connectivity index (χ3n) is 12.9. The van der Waals surface area contributed by atoms with Crippen LogP contribution in [0.2, 0.25) is 10.0 Å². The summed E-state index contributed by atoms with van der Waals surface area (Å²) >= 11 is 16.4. The number of ether oxygens (including phenoxy) is 2. The van der Waals surface area contributed by atoms with Crippen LogP contribution in [-0.2, 0) is 32.2 Å². The molecule has 0 spiro atoms. The zero-order chi connectivity index (χ0) is 52.6. The van der Waals surface area contributed by atoms with Crippen molar-refractivity contribution in [3.8, 4) is 0 Å². The van der Waals surface area contributed by atoms with Crippen LogP contribution in [0.4, 0.5) is 0 Å². The number of benzene rings is 8. The van der Waals surface area contributed by atoms with E-state index in [1.165, 1.54) is 20.9 Å². The minimum atomic E-state index is -0.627. The number of fused-ring (bicyclic) bond motifs is 6. The Morgan fingerprint density at radius 2 is 0.908 bits per heavy atom. The molecular weight excluding hydrogens is 1020 g/mol. The number of amides is 2. The van der Waals surface area contributed by atoms with Crippen molar-refractivity contribution in [2.75, 3.05) is 24.6 Å². The first-order chi connectivity index (χ1) is 37.2. The third-order valence-corrected chi connectivity index (χ3v) is 15.5. The summed E-state index contributed by atoms with van der Waals surface area (Å²) in [6.45, 7) is 6.48. The quantitative estimate of drug-likeness (QED) is 0.127. The Morgan fingerprint density at radius 3 is 1.37 bits per heavy atom. The van der Waals surface area contributed by atoms with Crippen LogP contribution in [0.15, 0.2) is 238 Å². The lowest BCUT2D eigenvalue weighted by Gasteiger charge is -2.22. The molecule has 76 heavy (non-hydrogen) atoms. The van der Waals surface area contributed by atoms with Crippen LogP contribution >= 0.6 is 46.7 Å². The molecule has 0 N–H and O–H groups in total. The first-order valence-corrected chi connectivity index (χ1v) is 28.0. The summed E-state index contributed by atoms with van der Waals surface area (Å²) < 4.78 is 12.5. The molecule has 384 valence electrons. The Morgan fingerprint density at radius 1 is 0.487 bits per heavy atom. The van der Waals surface area contributed by atoms with Gasteiger partial charge < -0.3 is 19.3 Å². The average Bonchev–Trinajstić information content (AvgIpc) is 4.11. The lowest BCUT2D eigenvalue weighted by atomic mass is 9.99. The smallest absolute Gasteiger partial charge is 0.252 e. The van der Waals surface area contributed by atoms with E-state index in [1.807, 2.05) is 180 Å². The third kappa shape index (κ3) is 14.0. The minimum Gasteiger partial charge on any atom is -0.466 e. The molecule has 4 aliphatic heterocycles. The minimum absolute atomic E-state index is 0.00286. The number of thioether (sulfide) groups is 2. The lowest BCUT2D eigenvalue weighted by molar-refractivity contribution is -0.134. The maximum absolute atomic E-state index is 13.5. The fraction of sp³-hybridized carbons (Fsp3) is 0.188. The average molecular weight is 1080 g/mol. The van der Waals surface area contributed by atoms with Crippen LogP contribution in [0.25, 0.3) is 0 Å². The van der Waals surface area contributed by atoms with Gasteiger partial charge in [-0.15, -0.1) is 23.5 Å². The first kappa shape index (κ1) is 53.7. The summed E-state index contributed by atoms with van der Waals surface area (Å²) in [6.07, 6.45) is -0.957. The lowest BCUT2D eigenvalue weighted by Crippen LogP contribution is -2.38. The number of carbonyl (C=O) groups is 2. The number of nitrogens with zero attached hydrogens (tertiary/aromatic N) is 4. The van der Waals surface area contributed by atoms with E-state index in [1.54, 1.807) is 23.5 Å². The van der Waals surface area contributed by atoms with Crippen LogP contribution < -0.4 is 0 Å². The van der Waals surface area contributed by atoms with Gasteiger partial charge in [0.25, 0.3) is 11.8 Å². The van der Waals surface area contributed by atoms with Gasteiger partial charge in [0.05, 0.1) is 0 Å². The fourth-order valence-electron chi connectivity index (χ4n) is 9.07. The van der Waals surface area contributed by atoms with E-state index < -0.39 is 24.3 Å². The van der Waals surface area contributed by atoms with Crippen LogP contribution in [0.1, 0.15) is 56.7 Å². The van der Waals surface area contributed by atoms with Crippen molar-refractivity contribution < 1.29 is 19.1 Å². The van der Waals surface area contributed by atoms with Gasteiger partial charge in [0.1, 0.15) is 0 Å². The second-order valence-electron chi connectivity index (χ2n) is 18.4. The molecule has 8 nitrogen and oxygen atoms in total. The summed E-state index contributed by atoms with van der Waals surface area (Å²) in [4.78, 5) is 42.6. The number of rotatable bonds is 10. The zero-order valence-electron chi connectivity index (χ0n) is 42.3. The van der Waals surface area contributed by atoms with Gasteiger partial charge in [0, 0.05) is 79.8 Å². The van der Waals surface area contributed by atoms with E-state index in [4.69, 9.17) is 42.7 Å². The Labute approximate surface area is 464 Å². The number of hydrogen-bond acceptors (Lipinski definition) is 8. The van der Waals surface area contributed by atoms with Gasteiger partial charge in [-0.05, 0) is 91.7 Å². The Balaban J connectivity index is 0.000000148. The summed E-state index contributed by atoms with van der Waals surface area (Å²) in [6, 6.07) is 70.8. The van der Waals surface area contributed by atoms with Crippen molar-refractivity contribution in [3.05, 3.63) is 273 Å². The molecule has 0 aromatic heterocycles. The number of aliphatic imine (C=N–C) groups is 2. The predicted octanol–water partition coefficient (Wildman–Crippen LogP) is 14.7. The zero-order valence-corrected chi connectivity index (χ0v) is 45.5. The van der Waals surface area contributed by atoms with Gasteiger partial charge in [-0.2, -0.15) is 0 Å². The molecule has 8 aromatic rings. The highest BCUT2D eigenvalue weighted by atomic mass is 35.5. The molecule has 0 fully saturated rings. The summed E-state index contributed by atoms with van der Waals surface area (Å²) in [5.41, 5.74) is 8.27. The molecule has 0 aliphatic carbocycles. The van der Waals surface area contributed by atoms with Crippen LogP contribution in [-0.4, -0.2) is 70.1 Å². The fourth-order valence-corrected chi connectivity index (χ4v) is 11.3. The van der Waals surface area contributed by atoms with Crippen molar-refractivity contribution >= 4 is 70.3 Å². The standard InChI is InChI=1S/2C25H21ClN2O2S.2C7H8/c26-20-13-7-10-18-16-28(14-15-31-19-11-5-2-6-12-19)25(29)22-23(21(18)20)30-24(27-22)17-8-3-1-4-9-17;26-19-12-11-18-16-28(13-14-31-20-9-5-2-6-10-20)25(29)22-23(21(18)15-19)30-24(27-22)17-7-3-1-4-8-17;2*1-7-5-3-2-4-6-7/h1-13,22-23H,14-16H2;1-12,15,22-23H,13-14,16H2;2*2-6H,1H3. The number of hydrogen-bond donors (Lipinski definition) is 0. The molecule has 4 heterocycles. The maximum Gasteiger partial charge on any atom is 0.252 e. The Kier molecular flexibility index (Phi) is 18.8. The van der Waals surface area contributed by atoms with Crippen molar-refractivity contribution in [2.24, 2.45) is 9.98 Å². The highest BCUT2D eigenvalue weighted by molar-refractivity contribution is 7.99. The summed E-state index contributed by atoms with van der Waals surface area (Å²) in [5.74, 6) is 2.60. The van der Waals surface area contributed by atoms with Gasteiger partial charge in [-0.1, -0.05) is 186 Å². The molecule has 0 saturated heterocycles. The predicted molar refractivity (Wildman–Crippen MR) is 312 cm³/mol. The summed E-state index contributed by atoms with van der Waals surface area (Å²) in [5, 5.41) is 1.25. The number of halogens is 2. The van der Waals surface area contributed by atoms with Gasteiger partial charge in [-0.3, -0.25) is 9.59 Å². The molecule has 4 aliphatic rings. The number of aryl methyl sites for hydroxylation is 2. The molecule has 0 saturated carbocycles. The summed E-state index contributed by atoms with van der Waals surface area (Å²) in [7, 11) is 0. The Bertz CT molecular complexity index is 3190. The molecule has 12 rings (SSSR count). The molecule has 4 unspecified atom stereocenters. The van der Waals surface area contributed by atoms with E-state index >= 15 is 0 Å². The van der Waals surface area contributed by atoms with Crippen LogP contribution in [0.3, 0.4) is 0 Å². The molecule has 2 amide bonds. The number of carbonyl (C=O) groups excluding carboxylic acids is 2. The molecular formula is C64H58Cl2N4O4S2. The van der Waals surface area contributed by atoms with Crippen molar-refractivity contribution in [3.63, 3.8) is 0 Å². The molecule has 12 heteroatoms. The van der Waals surface area contributed by atoms with E-state index in [-0.39, 0.29) is 11.8 Å². The van der Waals surface area contributed by atoms with E-state index in [9.17, 15) is 9.59 Å². The second kappa shape index (κ2) is 26.6. The second-order valence-corrected chi connectivity index (χ2v) is 21.6. The largest absolute Gasteiger partial charge is 0.466 e. The van der Waals surface area contributed by atoms with Gasteiger partial charge in [0.15, 0.2) is 24.3 Å². The SMILES string of the molecule is Cc1ccccc1.Cc1ccccc1.O=C1C2N=C(c3ccccc3)OC2c2c(Cl)cccc2CN1CCSc1ccccc1.O=C1C2N=C(c3ccccc3)OC2c2cc(Cl)ccc2CN1CCSc1ccccc1. The van der Waals surface area contributed by atoms with Gasteiger partial charge in [0.2, 0.25) is 11.8 Å². The van der Waals surface area contributed by atoms with E-state index in [0.717, 1.165) is 44.9 Å². The molecule has 0 bridgehead atoms. The van der Waals surface area contributed by atoms with Gasteiger partial charge in [-0.25, -0.2) is 9.98 Å². The van der Waals surface area contributed by atoms with Crippen molar-refractivity contribution in [1.29, 1.82) is 0 Å². The van der Waals surface area contributed by atoms with Crippen LogP contribution in [0, 0.1) is 13.8 Å². The van der Waals surface area contributed by atoms with Crippen molar-refractivity contribution in [1.82, 2.24) is 9.80 Å². The van der Waals surface area contributed by atoms with Crippen LogP contribution in [0.5, 0.6) is 0 Å².